The lowest BCUT2D eigenvalue weighted by atomic mass is 9.97. The van der Waals surface area contributed by atoms with Gasteiger partial charge in [-0.3, -0.25) is 0 Å². The summed E-state index contributed by atoms with van der Waals surface area (Å²) in [6.45, 7) is 0. The Labute approximate surface area is 360 Å². The summed E-state index contributed by atoms with van der Waals surface area (Å²) in [5.41, 5.74) is 14.4. The highest BCUT2D eigenvalue weighted by atomic mass is 16.3. The zero-order chi connectivity index (χ0) is 41.0. The molecule has 12 aromatic rings. The zero-order valence-corrected chi connectivity index (χ0v) is 33.9. The number of furan rings is 1. The molecule has 2 nitrogen and oxygen atoms in total. The van der Waals surface area contributed by atoms with Gasteiger partial charge in [-0.15, -0.1) is 0 Å². The molecule has 0 amide bonds. The molecule has 0 saturated heterocycles. The molecule has 2 heteroatoms. The van der Waals surface area contributed by atoms with Crippen LogP contribution in [0.15, 0.2) is 241 Å². The second-order valence-electron chi connectivity index (χ2n) is 16.1. The van der Waals surface area contributed by atoms with E-state index in [0.29, 0.717) is 0 Å². The number of nitrogens with zero attached hydrogens (tertiary/aromatic N) is 1. The molecule has 0 aliphatic rings. The van der Waals surface area contributed by atoms with Crippen LogP contribution in [0.1, 0.15) is 0 Å². The van der Waals surface area contributed by atoms with Crippen molar-refractivity contribution in [1.82, 2.24) is 0 Å². The fourth-order valence-electron chi connectivity index (χ4n) is 9.33. The summed E-state index contributed by atoms with van der Waals surface area (Å²) in [6.07, 6.45) is 0. The van der Waals surface area contributed by atoms with E-state index in [-0.39, 0.29) is 0 Å². The van der Waals surface area contributed by atoms with Crippen LogP contribution >= 0.6 is 0 Å². The molecule has 0 atom stereocenters. The number of hydrogen-bond donors (Lipinski definition) is 0. The molecule has 1 heterocycles. The molecule has 0 saturated carbocycles. The molecule has 0 fully saturated rings. The minimum Gasteiger partial charge on any atom is -0.455 e. The van der Waals surface area contributed by atoms with Gasteiger partial charge in [-0.25, -0.2) is 0 Å². The lowest BCUT2D eigenvalue weighted by Gasteiger charge is -2.26. The van der Waals surface area contributed by atoms with Gasteiger partial charge in [0.25, 0.3) is 0 Å². The molecule has 0 aliphatic carbocycles. The van der Waals surface area contributed by atoms with Crippen molar-refractivity contribution in [2.24, 2.45) is 0 Å². The lowest BCUT2D eigenvalue weighted by Crippen LogP contribution is -2.09. The third-order valence-corrected chi connectivity index (χ3v) is 12.5. The minimum atomic E-state index is 0.891. The average Bonchev–Trinajstić information content (AvgIpc) is 3.73. The van der Waals surface area contributed by atoms with E-state index in [9.17, 15) is 0 Å². The summed E-state index contributed by atoms with van der Waals surface area (Å²) in [6, 6.07) is 85.4. The van der Waals surface area contributed by atoms with Crippen LogP contribution in [-0.2, 0) is 0 Å². The van der Waals surface area contributed by atoms with E-state index in [1.54, 1.807) is 0 Å². The Morgan fingerprint density at radius 2 is 0.710 bits per heavy atom. The van der Waals surface area contributed by atoms with Crippen LogP contribution in [0.2, 0.25) is 0 Å². The Morgan fingerprint density at radius 1 is 0.258 bits per heavy atom. The number of rotatable bonds is 7. The summed E-state index contributed by atoms with van der Waals surface area (Å²) in [7, 11) is 0. The summed E-state index contributed by atoms with van der Waals surface area (Å²) < 4.78 is 6.50. The first kappa shape index (κ1) is 35.7. The maximum Gasteiger partial charge on any atom is 0.143 e. The second kappa shape index (κ2) is 14.8. The summed E-state index contributed by atoms with van der Waals surface area (Å²) in [4.78, 5) is 2.35. The van der Waals surface area contributed by atoms with Gasteiger partial charge in [-0.1, -0.05) is 182 Å². The molecular formula is C60H39NO. The van der Waals surface area contributed by atoms with E-state index in [4.69, 9.17) is 4.42 Å². The van der Waals surface area contributed by atoms with Gasteiger partial charge in [0.05, 0.1) is 0 Å². The number of anilines is 3. The standard InChI is InChI=1S/C60H39NO/c1-2-10-43(11-3-1)55-18-9-19-56-58-39-48(30-37-59(58)62-60(55)56)41-26-33-50(34-27-41)61(51-35-28-45(29-36-51)53-17-8-14-42-12-4-6-15-52(42)53)49-31-24-40(25-32-49)47-23-22-46-21-20-44-13-5-7-16-54(44)57(46)38-47/h1-39H. The molecule has 290 valence electrons. The van der Waals surface area contributed by atoms with Crippen molar-refractivity contribution < 1.29 is 4.42 Å². The van der Waals surface area contributed by atoms with Crippen molar-refractivity contribution in [3.8, 4) is 44.5 Å². The molecular weight excluding hydrogens is 751 g/mol. The van der Waals surface area contributed by atoms with Crippen molar-refractivity contribution in [2.75, 3.05) is 4.90 Å². The molecule has 1 aromatic heterocycles. The maximum absolute atomic E-state index is 6.50. The van der Waals surface area contributed by atoms with Crippen LogP contribution in [0.4, 0.5) is 17.1 Å². The smallest absolute Gasteiger partial charge is 0.143 e. The van der Waals surface area contributed by atoms with Gasteiger partial charge in [-0.05, 0) is 126 Å². The first-order chi connectivity index (χ1) is 30.7. The van der Waals surface area contributed by atoms with Crippen molar-refractivity contribution >= 4 is 71.3 Å². The van der Waals surface area contributed by atoms with Gasteiger partial charge in [0, 0.05) is 33.4 Å². The highest BCUT2D eigenvalue weighted by Crippen LogP contribution is 2.41. The molecule has 0 aliphatic heterocycles. The SMILES string of the molecule is c1ccc(-c2cccc3c2oc2ccc(-c4ccc(N(c5ccc(-c6ccc7ccc8ccccc8c7c6)cc5)c5ccc(-c6cccc7ccccc67)cc5)cc4)cc23)cc1. The van der Waals surface area contributed by atoms with Gasteiger partial charge >= 0.3 is 0 Å². The third-order valence-electron chi connectivity index (χ3n) is 12.5. The van der Waals surface area contributed by atoms with Gasteiger partial charge in [-0.2, -0.15) is 0 Å². The van der Waals surface area contributed by atoms with Gasteiger partial charge in [0.1, 0.15) is 11.2 Å². The highest BCUT2D eigenvalue weighted by Gasteiger charge is 2.17. The van der Waals surface area contributed by atoms with Crippen LogP contribution in [0.3, 0.4) is 0 Å². The average molecular weight is 790 g/mol. The number of hydrogen-bond acceptors (Lipinski definition) is 2. The summed E-state index contributed by atoms with van der Waals surface area (Å²) >= 11 is 0. The minimum absolute atomic E-state index is 0.891. The molecule has 62 heavy (non-hydrogen) atoms. The Kier molecular flexibility index (Phi) is 8.53. The van der Waals surface area contributed by atoms with Crippen molar-refractivity contribution in [3.05, 3.63) is 237 Å². The van der Waals surface area contributed by atoms with E-state index in [1.807, 2.05) is 6.07 Å². The van der Waals surface area contributed by atoms with E-state index in [2.05, 4.69) is 235 Å². The predicted molar refractivity (Wildman–Crippen MR) is 263 cm³/mol. The van der Waals surface area contributed by atoms with Crippen LogP contribution < -0.4 is 4.90 Å². The van der Waals surface area contributed by atoms with E-state index in [1.165, 1.54) is 54.6 Å². The lowest BCUT2D eigenvalue weighted by molar-refractivity contribution is 0.670. The molecule has 0 unspecified atom stereocenters. The summed E-state index contributed by atoms with van der Waals surface area (Å²) in [5.74, 6) is 0. The number of para-hydroxylation sites is 1. The normalized spacial score (nSPS) is 11.5. The fraction of sp³-hybridized carbons (Fsp3) is 0. The van der Waals surface area contributed by atoms with Crippen molar-refractivity contribution in [2.45, 2.75) is 0 Å². The first-order valence-electron chi connectivity index (χ1n) is 21.2. The van der Waals surface area contributed by atoms with E-state index in [0.717, 1.165) is 61.3 Å². The topological polar surface area (TPSA) is 16.4 Å². The molecule has 11 aromatic carbocycles. The Bertz CT molecular complexity index is 3600. The monoisotopic (exact) mass is 789 g/mol. The number of fused-ring (bicyclic) bond motifs is 7. The molecule has 0 N–H and O–H groups in total. The van der Waals surface area contributed by atoms with Crippen LogP contribution in [0.5, 0.6) is 0 Å². The molecule has 0 bridgehead atoms. The Balaban J connectivity index is 0.922. The van der Waals surface area contributed by atoms with E-state index >= 15 is 0 Å². The Morgan fingerprint density at radius 3 is 1.40 bits per heavy atom. The van der Waals surface area contributed by atoms with Crippen molar-refractivity contribution in [3.63, 3.8) is 0 Å². The molecule has 12 rings (SSSR count). The maximum atomic E-state index is 6.50. The molecule has 0 spiro atoms. The van der Waals surface area contributed by atoms with Crippen molar-refractivity contribution in [1.29, 1.82) is 0 Å². The van der Waals surface area contributed by atoms with Gasteiger partial charge < -0.3 is 9.32 Å². The second-order valence-corrected chi connectivity index (χ2v) is 16.1. The zero-order valence-electron chi connectivity index (χ0n) is 33.9. The summed E-state index contributed by atoms with van der Waals surface area (Å²) in [5, 5.41) is 9.80. The number of benzene rings is 11. The van der Waals surface area contributed by atoms with Crippen LogP contribution in [-0.4, -0.2) is 0 Å². The van der Waals surface area contributed by atoms with E-state index < -0.39 is 0 Å². The molecule has 0 radical (unpaired) electrons. The van der Waals surface area contributed by atoms with Crippen LogP contribution in [0.25, 0.3) is 98.8 Å². The fourth-order valence-corrected chi connectivity index (χ4v) is 9.33. The highest BCUT2D eigenvalue weighted by molar-refractivity contribution is 6.11. The largest absolute Gasteiger partial charge is 0.455 e. The van der Waals surface area contributed by atoms with Gasteiger partial charge in [0.15, 0.2) is 0 Å². The van der Waals surface area contributed by atoms with Gasteiger partial charge in [0.2, 0.25) is 0 Å². The van der Waals surface area contributed by atoms with Crippen LogP contribution in [0, 0.1) is 0 Å². The third kappa shape index (κ3) is 6.20. The first-order valence-corrected chi connectivity index (χ1v) is 21.2. The quantitative estimate of drug-likeness (QED) is 0.150. The predicted octanol–water partition coefficient (Wildman–Crippen LogP) is 17.2. The Hall–Kier alpha value is -8.20.